The number of aromatic nitrogens is 2. The molecule has 0 aliphatic heterocycles. The first-order chi connectivity index (χ1) is 14.1. The Bertz CT molecular complexity index is 1150. The Balaban J connectivity index is 1.32. The van der Waals surface area contributed by atoms with Crippen LogP contribution in [0.25, 0.3) is 10.9 Å². The van der Waals surface area contributed by atoms with Crippen molar-refractivity contribution < 1.29 is 14.0 Å². The van der Waals surface area contributed by atoms with Crippen molar-refractivity contribution in [2.45, 2.75) is 12.8 Å². The molecule has 2 heterocycles. The van der Waals surface area contributed by atoms with Crippen LogP contribution in [-0.2, 0) is 11.2 Å². The molecule has 0 unspecified atom stereocenters. The number of aromatic amines is 1. The molecular formula is C21H17FN4O2Se. The van der Waals surface area contributed by atoms with E-state index in [1.54, 1.807) is 6.07 Å². The summed E-state index contributed by atoms with van der Waals surface area (Å²) >= 11 is -0.409. The summed E-state index contributed by atoms with van der Waals surface area (Å²) in [6, 6.07) is 15.7. The van der Waals surface area contributed by atoms with Crippen molar-refractivity contribution in [2.75, 3.05) is 10.6 Å². The van der Waals surface area contributed by atoms with Gasteiger partial charge in [-0.3, -0.25) is 0 Å². The second kappa shape index (κ2) is 8.43. The molecule has 2 aromatic heterocycles. The quantitative estimate of drug-likeness (QED) is 0.389. The van der Waals surface area contributed by atoms with Crippen LogP contribution in [0.5, 0.6) is 0 Å². The van der Waals surface area contributed by atoms with Crippen LogP contribution in [0.15, 0.2) is 60.8 Å². The number of halogens is 1. The van der Waals surface area contributed by atoms with E-state index >= 15 is 0 Å². The molecule has 0 spiro atoms. The summed E-state index contributed by atoms with van der Waals surface area (Å²) in [5.74, 6) is -0.918. The number of rotatable bonds is 6. The average molecular weight is 455 g/mol. The number of fused-ring (bicyclic) bond motifs is 1. The van der Waals surface area contributed by atoms with Gasteiger partial charge in [0.15, 0.2) is 0 Å². The summed E-state index contributed by atoms with van der Waals surface area (Å²) in [6.07, 6.45) is 2.34. The van der Waals surface area contributed by atoms with Crippen LogP contribution >= 0.6 is 0 Å². The number of nitrogens with zero attached hydrogens (tertiary/aromatic N) is 1. The molecule has 0 saturated carbocycles. The third-order valence-electron chi connectivity index (χ3n) is 4.27. The summed E-state index contributed by atoms with van der Waals surface area (Å²) in [6.45, 7) is 0. The normalized spacial score (nSPS) is 10.8. The van der Waals surface area contributed by atoms with Crippen molar-refractivity contribution in [3.05, 3.63) is 76.7 Å². The number of carbonyl (C=O) groups excluding carboxylic acids is 2. The van der Waals surface area contributed by atoms with Crippen LogP contribution in [0.2, 0.25) is 0 Å². The van der Waals surface area contributed by atoms with Gasteiger partial charge in [0, 0.05) is 0 Å². The summed E-state index contributed by atoms with van der Waals surface area (Å²) < 4.78 is 14.2. The van der Waals surface area contributed by atoms with Gasteiger partial charge in [-0.25, -0.2) is 0 Å². The molecule has 0 bridgehead atoms. The van der Waals surface area contributed by atoms with E-state index in [9.17, 15) is 14.0 Å². The van der Waals surface area contributed by atoms with E-state index in [2.05, 4.69) is 20.6 Å². The number of amides is 2. The second-order valence-corrected chi connectivity index (χ2v) is 8.59. The van der Waals surface area contributed by atoms with Gasteiger partial charge in [-0.2, -0.15) is 0 Å². The Morgan fingerprint density at radius 3 is 2.76 bits per heavy atom. The van der Waals surface area contributed by atoms with E-state index < -0.39 is 20.3 Å². The van der Waals surface area contributed by atoms with Crippen LogP contribution in [-0.4, -0.2) is 36.3 Å². The zero-order valence-electron chi connectivity index (χ0n) is 15.2. The molecule has 4 aromatic rings. The van der Waals surface area contributed by atoms with Crippen LogP contribution in [0, 0.1) is 5.82 Å². The van der Waals surface area contributed by atoms with Crippen molar-refractivity contribution in [1.29, 1.82) is 0 Å². The van der Waals surface area contributed by atoms with E-state index in [1.165, 1.54) is 24.4 Å². The predicted octanol–water partition coefficient (Wildman–Crippen LogP) is 3.58. The van der Waals surface area contributed by atoms with Gasteiger partial charge in [-0.1, -0.05) is 0 Å². The number of carbonyl (C=O) groups is 2. The number of hydrogen-bond acceptors (Lipinski definition) is 3. The summed E-state index contributed by atoms with van der Waals surface area (Å²) in [7, 11) is 0. The minimum absolute atomic E-state index is 0.149. The summed E-state index contributed by atoms with van der Waals surface area (Å²) in [4.78, 5) is 31.9. The van der Waals surface area contributed by atoms with E-state index in [-0.39, 0.29) is 11.8 Å². The molecule has 0 atom stereocenters. The Morgan fingerprint density at radius 1 is 1.07 bits per heavy atom. The monoisotopic (exact) mass is 456 g/mol. The molecule has 4 rings (SSSR count). The van der Waals surface area contributed by atoms with Gasteiger partial charge >= 0.3 is 172 Å². The third kappa shape index (κ3) is 4.80. The minimum atomic E-state index is -0.423. The Morgan fingerprint density at radius 2 is 1.93 bits per heavy atom. The molecule has 0 radical (unpaired) electrons. The molecule has 0 saturated heterocycles. The summed E-state index contributed by atoms with van der Waals surface area (Å²) in [5.41, 5.74) is 2.42. The third-order valence-corrected chi connectivity index (χ3v) is 6.18. The Hall–Kier alpha value is -3.22. The van der Waals surface area contributed by atoms with Crippen molar-refractivity contribution in [1.82, 2.24) is 9.97 Å². The van der Waals surface area contributed by atoms with Crippen LogP contribution < -0.4 is 10.6 Å². The second-order valence-electron chi connectivity index (χ2n) is 6.42. The van der Waals surface area contributed by atoms with Crippen LogP contribution in [0.3, 0.4) is 0 Å². The first-order valence-electron chi connectivity index (χ1n) is 8.96. The topological polar surface area (TPSA) is 86.9 Å². The SMILES string of the molecule is O=C(CCc1cc2ccccc2[nH]1)Nc1ncc(C(=O)Nc2cccc(F)c2)[se]1. The van der Waals surface area contributed by atoms with Gasteiger partial charge in [0.1, 0.15) is 0 Å². The van der Waals surface area contributed by atoms with Gasteiger partial charge in [-0.05, 0) is 0 Å². The average Bonchev–Trinajstić information content (AvgIpc) is 3.33. The molecule has 29 heavy (non-hydrogen) atoms. The number of hydrogen-bond donors (Lipinski definition) is 3. The molecular weight excluding hydrogens is 438 g/mol. The number of aryl methyl sites for hydroxylation is 1. The molecule has 2 aromatic carbocycles. The van der Waals surface area contributed by atoms with Crippen molar-refractivity contribution in [3.8, 4) is 0 Å². The molecule has 3 N–H and O–H groups in total. The molecule has 146 valence electrons. The summed E-state index contributed by atoms with van der Waals surface area (Å²) in [5, 5.41) is 6.53. The van der Waals surface area contributed by atoms with Crippen molar-refractivity contribution in [3.63, 3.8) is 0 Å². The van der Waals surface area contributed by atoms with E-state index in [0.717, 1.165) is 16.6 Å². The number of benzene rings is 2. The number of anilines is 2. The van der Waals surface area contributed by atoms with Gasteiger partial charge < -0.3 is 0 Å². The Kier molecular flexibility index (Phi) is 5.55. The van der Waals surface area contributed by atoms with Gasteiger partial charge in [0.2, 0.25) is 0 Å². The zero-order chi connectivity index (χ0) is 20.2. The maximum atomic E-state index is 13.2. The first kappa shape index (κ1) is 19.1. The maximum absolute atomic E-state index is 13.2. The van der Waals surface area contributed by atoms with Crippen molar-refractivity contribution >= 4 is 47.6 Å². The number of para-hydroxylation sites is 1. The number of nitrogens with one attached hydrogen (secondary N) is 3. The zero-order valence-corrected chi connectivity index (χ0v) is 17.0. The standard InChI is InChI=1S/C21H17FN4O2Se/c22-14-5-3-6-15(11-14)25-20(28)18-12-23-21(29-18)26-19(27)9-8-16-10-13-4-1-2-7-17(13)24-16/h1-7,10-12,24H,8-9H2,(H,25,28)(H,23,26,27). The fraction of sp³-hybridized carbons (Fsp3) is 0.0952. The fourth-order valence-electron chi connectivity index (χ4n) is 2.89. The molecule has 0 aliphatic rings. The molecule has 2 amide bonds. The molecule has 0 fully saturated rings. The van der Waals surface area contributed by atoms with Gasteiger partial charge in [0.25, 0.3) is 0 Å². The predicted molar refractivity (Wildman–Crippen MR) is 111 cm³/mol. The van der Waals surface area contributed by atoms with E-state index in [0.29, 0.717) is 27.7 Å². The van der Waals surface area contributed by atoms with Crippen molar-refractivity contribution in [2.24, 2.45) is 0 Å². The number of H-pyrrole nitrogens is 1. The molecule has 0 aliphatic carbocycles. The fourth-order valence-corrected chi connectivity index (χ4v) is 4.42. The van der Waals surface area contributed by atoms with Gasteiger partial charge in [-0.15, -0.1) is 0 Å². The van der Waals surface area contributed by atoms with Crippen LogP contribution in [0.4, 0.5) is 14.8 Å². The Labute approximate surface area is 171 Å². The van der Waals surface area contributed by atoms with E-state index in [4.69, 9.17) is 0 Å². The van der Waals surface area contributed by atoms with Crippen LogP contribution in [0.1, 0.15) is 21.3 Å². The molecule has 6 nitrogen and oxygen atoms in total. The molecule has 8 heteroatoms. The van der Waals surface area contributed by atoms with E-state index in [1.807, 2.05) is 30.3 Å². The van der Waals surface area contributed by atoms with Gasteiger partial charge in [0.05, 0.1) is 0 Å². The first-order valence-corrected chi connectivity index (χ1v) is 10.7.